The van der Waals surface area contributed by atoms with Crippen LogP contribution in [0.4, 0.5) is 17.5 Å². The lowest BCUT2D eigenvalue weighted by Gasteiger charge is -2.31. The molecule has 3 aromatic carbocycles. The van der Waals surface area contributed by atoms with Gasteiger partial charge in [-0.1, -0.05) is 60.1 Å². The quantitative estimate of drug-likeness (QED) is 0.0465. The molecule has 9 aromatic heterocycles. The van der Waals surface area contributed by atoms with Crippen molar-refractivity contribution >= 4 is 113 Å². The van der Waals surface area contributed by atoms with Crippen LogP contribution in [0, 0.1) is 24.7 Å². The Labute approximate surface area is 587 Å². The Hall–Kier alpha value is -11.0. The van der Waals surface area contributed by atoms with Gasteiger partial charge >= 0.3 is 0 Å². The van der Waals surface area contributed by atoms with Crippen LogP contribution in [0.3, 0.4) is 0 Å². The van der Waals surface area contributed by atoms with Crippen molar-refractivity contribution in [1.82, 2.24) is 89.5 Å². The molecular formula is C73H82ClN21O6. The number of hydrogen-bond donors (Lipinski definition) is 6. The number of carbonyl (C=O) groups is 3. The average Bonchev–Trinajstić information content (AvgIpc) is 1.44. The van der Waals surface area contributed by atoms with E-state index in [4.69, 9.17) is 40.8 Å². The van der Waals surface area contributed by atoms with E-state index in [0.29, 0.717) is 94.6 Å². The zero-order valence-electron chi connectivity index (χ0n) is 57.6. The van der Waals surface area contributed by atoms with E-state index in [9.17, 15) is 14.4 Å². The molecule has 12 aromatic rings. The first-order valence-electron chi connectivity index (χ1n) is 34.3. The summed E-state index contributed by atoms with van der Waals surface area (Å²) in [7, 11) is 0. The van der Waals surface area contributed by atoms with E-state index in [0.717, 1.165) is 149 Å². The number of amides is 3. The zero-order valence-corrected chi connectivity index (χ0v) is 58.3. The molecule has 6 N–H and O–H groups in total. The Morgan fingerprint density at radius 2 is 0.822 bits per heavy atom. The lowest BCUT2D eigenvalue weighted by Crippen LogP contribution is -2.38. The number of nitrogens with zero attached hydrogens (tertiary/aromatic N) is 15. The van der Waals surface area contributed by atoms with Gasteiger partial charge in [0.1, 0.15) is 35.5 Å². The molecule has 3 amide bonds. The normalized spacial score (nSPS) is 15.6. The second-order valence-electron chi connectivity index (χ2n) is 26.1. The number of aromatic nitrogens is 15. The first kappa shape index (κ1) is 68.6. The van der Waals surface area contributed by atoms with E-state index >= 15 is 0 Å². The van der Waals surface area contributed by atoms with Crippen molar-refractivity contribution < 1.29 is 28.6 Å². The molecule has 3 aliphatic rings. The van der Waals surface area contributed by atoms with Gasteiger partial charge in [-0.3, -0.25) is 14.4 Å². The van der Waals surface area contributed by atoms with E-state index in [-0.39, 0.29) is 35.8 Å². The summed E-state index contributed by atoms with van der Waals surface area (Å²) in [5, 5.41) is 16.8. The highest BCUT2D eigenvalue weighted by Gasteiger charge is 2.27. The Balaban J connectivity index is 0.000000135. The number of aromatic amines is 3. The van der Waals surface area contributed by atoms with Gasteiger partial charge in [0.25, 0.3) is 0 Å². The molecule has 0 spiro atoms. The van der Waals surface area contributed by atoms with Crippen LogP contribution >= 0.6 is 11.6 Å². The summed E-state index contributed by atoms with van der Waals surface area (Å²) in [5.74, 6) is 5.44. The maximum absolute atomic E-state index is 11.6. The van der Waals surface area contributed by atoms with Gasteiger partial charge < -0.3 is 59.8 Å². The monoisotopic (exact) mass is 1380 g/mol. The number of likely N-dealkylation sites (tertiary alicyclic amines) is 3. The number of benzene rings is 3. The lowest BCUT2D eigenvalue weighted by molar-refractivity contribution is -0.131. The molecule has 0 radical (unpaired) electrons. The number of aryl methyl sites for hydroxylation is 1. The highest BCUT2D eigenvalue weighted by Crippen LogP contribution is 2.37. The molecule has 101 heavy (non-hydrogen) atoms. The molecule has 3 atom stereocenters. The van der Waals surface area contributed by atoms with Gasteiger partial charge in [0.15, 0.2) is 34.4 Å². The third kappa shape index (κ3) is 16.0. The molecule has 15 rings (SSSR count). The van der Waals surface area contributed by atoms with Crippen molar-refractivity contribution in [2.24, 2.45) is 17.8 Å². The minimum absolute atomic E-state index is 0.114. The Bertz CT molecular complexity index is 4700. The van der Waals surface area contributed by atoms with Crippen LogP contribution in [0.2, 0.25) is 5.02 Å². The number of piperidine rings is 3. The van der Waals surface area contributed by atoms with Crippen LogP contribution in [-0.2, 0) is 14.4 Å². The SMILES string of the molecule is CC(=O)N1CCC(COc2nc(C(C)Nc3ncnc4nc[nH]c34)cc3cccc(C)c23)CC1.CC(=O)N1CCC(COc2nc(C(C)Nc3ncnc4nc[nH]c34)cc3cccc(Cl)c23)CC1.CC(=O)N1CCC(COc2nc(C(C)Nc3ncnc4nc[nH]c34)cc3ccccc23)CC1. The second-order valence-corrected chi connectivity index (χ2v) is 26.5. The number of hydrogen-bond acceptors (Lipinski definition) is 21. The van der Waals surface area contributed by atoms with Crippen molar-refractivity contribution in [1.29, 1.82) is 0 Å². The predicted octanol–water partition coefficient (Wildman–Crippen LogP) is 12.1. The zero-order chi connectivity index (χ0) is 70.1. The molecule has 522 valence electrons. The molecule has 28 heteroatoms. The molecule has 3 unspecified atom stereocenters. The lowest BCUT2D eigenvalue weighted by atomic mass is 9.98. The maximum Gasteiger partial charge on any atom is 0.223 e. The van der Waals surface area contributed by atoms with Crippen LogP contribution in [0.15, 0.2) is 117 Å². The average molecular weight is 1390 g/mol. The summed E-state index contributed by atoms with van der Waals surface area (Å²) in [5.41, 5.74) is 7.77. The Morgan fingerprint density at radius 1 is 0.465 bits per heavy atom. The summed E-state index contributed by atoms with van der Waals surface area (Å²) >= 11 is 6.54. The molecule has 27 nitrogen and oxygen atoms in total. The molecule has 3 fully saturated rings. The Kier molecular flexibility index (Phi) is 21.1. The maximum atomic E-state index is 11.6. The summed E-state index contributed by atoms with van der Waals surface area (Å²) in [6, 6.07) is 25.9. The van der Waals surface area contributed by atoms with Gasteiger partial charge in [0.05, 0.1) is 84.4 Å². The summed E-state index contributed by atoms with van der Waals surface area (Å²) in [4.78, 5) is 103. The van der Waals surface area contributed by atoms with E-state index in [1.54, 1.807) is 39.8 Å². The number of nitrogens with one attached hydrogen (secondary N) is 6. The molecule has 0 aliphatic carbocycles. The van der Waals surface area contributed by atoms with Crippen LogP contribution in [0.5, 0.6) is 17.6 Å². The van der Waals surface area contributed by atoms with Crippen LogP contribution in [-0.4, -0.2) is 166 Å². The van der Waals surface area contributed by atoms with Gasteiger partial charge in [-0.25, -0.2) is 59.8 Å². The summed E-state index contributed by atoms with van der Waals surface area (Å²) in [6.07, 6.45) is 14.9. The number of ether oxygens (including phenoxy) is 3. The Morgan fingerprint density at radius 3 is 1.25 bits per heavy atom. The van der Waals surface area contributed by atoms with Crippen molar-refractivity contribution in [2.45, 2.75) is 105 Å². The van der Waals surface area contributed by atoms with Gasteiger partial charge in [0, 0.05) is 70.8 Å². The third-order valence-electron chi connectivity index (χ3n) is 19.2. The predicted molar refractivity (Wildman–Crippen MR) is 388 cm³/mol. The van der Waals surface area contributed by atoms with Crippen LogP contribution in [0.1, 0.15) is 121 Å². The largest absolute Gasteiger partial charge is 0.477 e. The molecule has 0 saturated carbocycles. The standard InChI is InChI=1S/C25H29N7O2.C24H26ClN7O2.C24H27N7O2/c1-15-5-4-6-19-11-20(16(2)30-24-22-23(27-13-26-22)28-14-29-24)31-25(21(15)19)34-12-18-7-9-32(10-8-18)17(3)33;1-14(30-23-21-22(27-12-26-21)28-13-29-23)19-10-17-4-3-5-18(25)20(17)24(31-19)34-11-16-6-8-32(9-7-16)15(2)33;1-15(29-23-21-22(26-13-25-21)27-14-28-23)20-11-18-5-3-4-6-19(18)24(30-20)33-12-17-7-9-31(10-8-17)16(2)32/h4-6,11,13-14,16,18H,7-10,12H2,1-3H3,(H2,26,27,28,29,30);3-5,10,12-14,16H,6-9,11H2,1-2H3,(H2,26,27,28,29,30);3-6,11,13-15,17H,7-10,12H2,1-2H3,(H2,25,26,27,28,29). The second kappa shape index (κ2) is 31.1. The van der Waals surface area contributed by atoms with Gasteiger partial charge in [0.2, 0.25) is 35.4 Å². The van der Waals surface area contributed by atoms with Crippen molar-refractivity contribution in [3.05, 3.63) is 144 Å². The number of anilines is 3. The van der Waals surface area contributed by atoms with E-state index < -0.39 is 0 Å². The molecule has 12 heterocycles. The highest BCUT2D eigenvalue weighted by molar-refractivity contribution is 6.36. The van der Waals surface area contributed by atoms with E-state index in [1.165, 1.54) is 19.0 Å². The van der Waals surface area contributed by atoms with Crippen LogP contribution < -0.4 is 30.2 Å². The van der Waals surface area contributed by atoms with Gasteiger partial charge in [-0.05, 0) is 136 Å². The summed E-state index contributed by atoms with van der Waals surface area (Å²) in [6.45, 7) is 19.5. The van der Waals surface area contributed by atoms with E-state index in [2.05, 4.69) is 126 Å². The fraction of sp³-hybridized carbons (Fsp3) is 0.384. The molecule has 3 saturated heterocycles. The van der Waals surface area contributed by atoms with E-state index in [1.807, 2.05) is 71.0 Å². The minimum atomic E-state index is -0.161. The first-order valence-corrected chi connectivity index (χ1v) is 34.7. The molecular weight excluding hydrogens is 1300 g/mol. The van der Waals surface area contributed by atoms with Crippen molar-refractivity contribution in [3.63, 3.8) is 0 Å². The third-order valence-corrected chi connectivity index (χ3v) is 19.5. The fourth-order valence-corrected chi connectivity index (χ4v) is 13.4. The fourth-order valence-electron chi connectivity index (χ4n) is 13.2. The van der Waals surface area contributed by atoms with Crippen LogP contribution in [0.25, 0.3) is 65.8 Å². The number of carbonyl (C=O) groups excluding carboxylic acids is 3. The minimum Gasteiger partial charge on any atom is -0.477 e. The van der Waals surface area contributed by atoms with Gasteiger partial charge in [-0.15, -0.1) is 0 Å². The number of rotatable bonds is 18. The number of halogens is 1. The molecule has 3 aliphatic heterocycles. The first-order chi connectivity index (χ1) is 49.1. The number of H-pyrrole nitrogens is 3. The number of fused-ring (bicyclic) bond motifs is 6. The topological polar surface area (TPSA) is 327 Å². The van der Waals surface area contributed by atoms with Crippen molar-refractivity contribution in [3.8, 4) is 17.6 Å². The molecule has 0 bridgehead atoms. The smallest absolute Gasteiger partial charge is 0.223 e. The van der Waals surface area contributed by atoms with Gasteiger partial charge in [-0.2, -0.15) is 0 Å². The number of pyridine rings is 3. The summed E-state index contributed by atoms with van der Waals surface area (Å²) < 4.78 is 18.9. The number of imidazole rings is 3. The van der Waals surface area contributed by atoms with Crippen molar-refractivity contribution in [2.75, 3.05) is 75.0 Å². The highest BCUT2D eigenvalue weighted by atomic mass is 35.5.